The minimum absolute atomic E-state index is 0.0247. The zero-order valence-corrected chi connectivity index (χ0v) is 44.4. The van der Waals surface area contributed by atoms with E-state index in [0.717, 1.165) is 30.4 Å². The molecule has 1 aliphatic heterocycles. The van der Waals surface area contributed by atoms with E-state index < -0.39 is 103 Å². The van der Waals surface area contributed by atoms with Crippen molar-refractivity contribution in [3.05, 3.63) is 107 Å². The number of nitrogens with one attached hydrogen (secondary N) is 4. The van der Waals surface area contributed by atoms with Gasteiger partial charge in [0.25, 0.3) is 0 Å². The highest BCUT2D eigenvalue weighted by Gasteiger charge is 2.75. The summed E-state index contributed by atoms with van der Waals surface area (Å²) in [7, 11) is 1.77. The number of nitrogens with zero attached hydrogens (tertiary/aromatic N) is 2. The first-order valence-electron chi connectivity index (χ1n) is 26.3. The Hall–Kier alpha value is -7.39. The summed E-state index contributed by atoms with van der Waals surface area (Å²) < 4.78 is 26.5. The van der Waals surface area contributed by atoms with Gasteiger partial charge in [0.2, 0.25) is 24.2 Å². The van der Waals surface area contributed by atoms with E-state index >= 15 is 0 Å². The minimum Gasteiger partial charge on any atom is -0.508 e. The molecule has 1 aliphatic carbocycles. The number of phenolic OH excluding ortho intramolecular Hbond substituents is 1. The molecule has 24 nitrogen and oxygen atoms in total. The number of hydrogen-bond acceptors (Lipinski definition) is 19. The van der Waals surface area contributed by atoms with Crippen LogP contribution in [0.15, 0.2) is 99.6 Å². The summed E-state index contributed by atoms with van der Waals surface area (Å²) in [6, 6.07) is 14.5. The van der Waals surface area contributed by atoms with Crippen LogP contribution in [0, 0.1) is 19.8 Å². The first kappa shape index (κ1) is 58.8. The second-order valence-electron chi connectivity index (χ2n) is 20.4. The summed E-state index contributed by atoms with van der Waals surface area (Å²) in [6.45, 7) is 0.275. The molecule has 0 amide bonds. The van der Waals surface area contributed by atoms with Crippen molar-refractivity contribution in [2.75, 3.05) is 40.0 Å². The lowest BCUT2D eigenvalue weighted by Gasteiger charge is -2.59. The van der Waals surface area contributed by atoms with Crippen molar-refractivity contribution in [1.29, 1.82) is 0 Å². The van der Waals surface area contributed by atoms with Crippen LogP contribution >= 0.6 is 0 Å². The van der Waals surface area contributed by atoms with Crippen LogP contribution in [0.25, 0.3) is 44.3 Å². The number of aliphatic imine (C=N–C) groups is 1. The van der Waals surface area contributed by atoms with E-state index in [1.165, 1.54) is 59.7 Å². The molecule has 8 rings (SSSR count). The Morgan fingerprint density at radius 1 is 1.02 bits per heavy atom. The third kappa shape index (κ3) is 11.8. The van der Waals surface area contributed by atoms with Gasteiger partial charge >= 0.3 is 11.9 Å². The lowest BCUT2D eigenvalue weighted by atomic mass is 9.66. The van der Waals surface area contributed by atoms with E-state index in [2.05, 4.69) is 20.9 Å². The normalized spacial score (nSPS) is 24.0. The van der Waals surface area contributed by atoms with E-state index in [0.29, 0.717) is 47.0 Å². The topological polar surface area (TPSA) is 375 Å². The number of aliphatic hydroxyl groups is 6. The van der Waals surface area contributed by atoms with Crippen molar-refractivity contribution in [1.82, 2.24) is 25.7 Å². The van der Waals surface area contributed by atoms with Gasteiger partial charge in [-0.1, -0.05) is 42.2 Å². The van der Waals surface area contributed by atoms with E-state index in [9.17, 15) is 60.0 Å². The molecule has 1 saturated carbocycles. The maximum Gasteiger partial charge on any atom is 0.337 e. The summed E-state index contributed by atoms with van der Waals surface area (Å²) in [6.07, 6.45) is -2.49. The first-order valence-corrected chi connectivity index (χ1v) is 26.3. The molecule has 1 saturated heterocycles. The molecular weight excluding hydrogens is 1040 g/mol. The third-order valence-electron chi connectivity index (χ3n) is 14.9. The van der Waals surface area contributed by atoms with Crippen molar-refractivity contribution in [2.45, 2.75) is 112 Å². The highest BCUT2D eigenvalue weighted by Crippen LogP contribution is 2.47. The number of aromatic hydroxyl groups is 1. The van der Waals surface area contributed by atoms with Crippen molar-refractivity contribution in [3.63, 3.8) is 0 Å². The summed E-state index contributed by atoms with van der Waals surface area (Å²) in [4.78, 5) is 67.2. The van der Waals surface area contributed by atoms with Crippen LogP contribution in [0.1, 0.15) is 56.1 Å². The molecule has 2 fully saturated rings. The minimum atomic E-state index is -3.43. The van der Waals surface area contributed by atoms with Gasteiger partial charge in [-0.2, -0.15) is 4.73 Å². The number of phenols is 1. The summed E-state index contributed by atoms with van der Waals surface area (Å²) >= 11 is 0. The predicted molar refractivity (Wildman–Crippen MR) is 290 cm³/mol. The molecule has 0 bridgehead atoms. The standard InChI is InChI=1S/C56H69N7O17/c1-31-22-32(2)24-36(23-31)46-44-35(17-19-60-44)27-63(46)80-48-51(77-38-15-16-39-42(25-38)76-28-40(47(39)70)33-11-13-37(68)14-12-33)78-52(54(74,29-66)56(48,75)43(69)10-6-20-64)55(30-67,79-50(73)45(49(71)72)59-18-7-21-65)62-53(57)61-41-9-5-4-8-34(41)26-58-3/h11-17,19,21-25,27-28,34,41,43,45,48,51-52,58-60,64,66-69,74-75H,4-10,18,20,26,29-30H2,1-3H3,(H,71,72)(H3,57,61,62)/t34-,41-,43+,45+,48+,51-,52+,54-,55-,56-/m0/s1. The SMILES string of the molecule is CNC[C@@H]1CCCC[C@@H]1N=C(N)N[C@@](CO)(OC(=O)[C@H](NCCC=O)C(=O)O)[C@@H]1O[C@H](Oc2ccc3c(=O)c(-c4ccc(O)cc4)coc3c2)[C@@H](On2cc3cc[nH]c3c2-c2cc(C)cc(C)c2)[C@@](O)([C@H](O)CCCO)[C@]1(O)CO. The number of benzene rings is 3. The fraction of sp³-hybridized carbons (Fsp3) is 0.446. The Kier molecular flexibility index (Phi) is 18.3. The molecule has 430 valence electrons. The zero-order chi connectivity index (χ0) is 57.5. The van der Waals surface area contributed by atoms with Crippen molar-refractivity contribution < 1.29 is 78.7 Å². The van der Waals surface area contributed by atoms with Crippen LogP contribution in [0.5, 0.6) is 11.5 Å². The average Bonchev–Trinajstić information content (AvgIpc) is 4.07. The van der Waals surface area contributed by atoms with Crippen LogP contribution in [-0.4, -0.2) is 168 Å². The number of aryl methyl sites for hydroxylation is 2. The fourth-order valence-corrected chi connectivity index (χ4v) is 11.0. The van der Waals surface area contributed by atoms with E-state index in [1.54, 1.807) is 19.3 Å². The quantitative estimate of drug-likeness (QED) is 0.00776. The molecule has 3 aromatic heterocycles. The number of aliphatic hydroxyl groups excluding tert-OH is 4. The Morgan fingerprint density at radius 2 is 1.76 bits per heavy atom. The number of aromatic nitrogens is 2. The number of aromatic amines is 1. The molecule has 80 heavy (non-hydrogen) atoms. The van der Waals surface area contributed by atoms with Crippen LogP contribution in [0.3, 0.4) is 0 Å². The highest BCUT2D eigenvalue weighted by atomic mass is 16.8. The average molecular weight is 1110 g/mol. The van der Waals surface area contributed by atoms with E-state index in [4.69, 9.17) is 34.2 Å². The van der Waals surface area contributed by atoms with Gasteiger partial charge in [-0.25, -0.2) is 14.6 Å². The number of rotatable bonds is 24. The van der Waals surface area contributed by atoms with Gasteiger partial charge in [-0.3, -0.25) is 10.1 Å². The number of carbonyl (C=O) groups excluding carboxylic acids is 2. The van der Waals surface area contributed by atoms with Gasteiger partial charge in [0.05, 0.1) is 41.4 Å². The Labute approximate surface area is 458 Å². The number of H-pyrrole nitrogens is 1. The predicted octanol–water partition coefficient (Wildman–Crippen LogP) is 1.47. The van der Waals surface area contributed by atoms with Crippen molar-refractivity contribution >= 4 is 46.1 Å². The number of fused-ring (bicyclic) bond motifs is 2. The Balaban J connectivity index is 1.35. The molecular formula is C56H69N7O17. The largest absolute Gasteiger partial charge is 0.508 e. The van der Waals surface area contributed by atoms with Crippen LogP contribution in [0.4, 0.5) is 0 Å². The lowest BCUT2D eigenvalue weighted by Crippen LogP contribution is -2.86. The van der Waals surface area contributed by atoms with Gasteiger partial charge in [-0.05, 0) is 107 Å². The third-order valence-corrected chi connectivity index (χ3v) is 14.9. The smallest absolute Gasteiger partial charge is 0.337 e. The number of aldehydes is 1. The number of esters is 1. The first-order chi connectivity index (χ1) is 38.3. The van der Waals surface area contributed by atoms with Gasteiger partial charge in [0.15, 0.2) is 28.7 Å². The van der Waals surface area contributed by atoms with Gasteiger partial charge < -0.3 is 90.5 Å². The van der Waals surface area contributed by atoms with E-state index in [-0.39, 0.29) is 53.3 Å². The maximum atomic E-state index is 14.4. The Morgan fingerprint density at radius 3 is 2.44 bits per heavy atom. The zero-order valence-electron chi connectivity index (χ0n) is 44.4. The number of carbonyl (C=O) groups is 3. The molecule has 3 aromatic carbocycles. The molecule has 6 aromatic rings. The number of guanidine groups is 1. The summed E-state index contributed by atoms with van der Waals surface area (Å²) in [5.74, 6) is -4.28. The van der Waals surface area contributed by atoms with Crippen molar-refractivity contribution in [2.24, 2.45) is 16.6 Å². The number of ether oxygens (including phenoxy) is 3. The molecule has 0 spiro atoms. The molecule has 14 N–H and O–H groups in total. The number of nitrogens with two attached hydrogens (primary N) is 1. The second kappa shape index (κ2) is 25.0. The second-order valence-corrected chi connectivity index (χ2v) is 20.4. The molecule has 24 heteroatoms. The van der Waals surface area contributed by atoms with Crippen LogP contribution < -0.4 is 36.7 Å². The summed E-state index contributed by atoms with van der Waals surface area (Å²) in [5.41, 5.74) is 0.0976. The molecule has 0 unspecified atom stereocenters. The monoisotopic (exact) mass is 1110 g/mol. The highest BCUT2D eigenvalue weighted by molar-refractivity contribution is 5.98. The number of carboxylic acid groups (broad SMARTS) is 1. The molecule has 10 atom stereocenters. The summed E-state index contributed by atoms with van der Waals surface area (Å²) in [5, 5.41) is 103. The van der Waals surface area contributed by atoms with Gasteiger partial charge in [-0.15, -0.1) is 0 Å². The van der Waals surface area contributed by atoms with Crippen LogP contribution in [0.2, 0.25) is 0 Å². The van der Waals surface area contributed by atoms with E-state index in [1.807, 2.05) is 32.0 Å². The van der Waals surface area contributed by atoms with Gasteiger partial charge in [0, 0.05) is 42.8 Å². The maximum absolute atomic E-state index is 14.4. The fourth-order valence-electron chi connectivity index (χ4n) is 11.0. The number of aliphatic carboxylic acids is 1. The molecule has 2 aliphatic rings. The van der Waals surface area contributed by atoms with Crippen molar-refractivity contribution in [3.8, 4) is 33.9 Å². The number of carboxylic acids is 1. The molecule has 4 heterocycles. The van der Waals surface area contributed by atoms with Crippen LogP contribution in [-0.2, 0) is 23.9 Å². The molecule has 0 radical (unpaired) electrons. The Bertz CT molecular complexity index is 3210. The van der Waals surface area contributed by atoms with Gasteiger partial charge in [0.1, 0.15) is 41.9 Å². The number of hydrogen-bond donors (Lipinski definition) is 13. The lowest BCUT2D eigenvalue weighted by molar-refractivity contribution is -0.400.